The summed E-state index contributed by atoms with van der Waals surface area (Å²) < 4.78 is 10.6. The van der Waals surface area contributed by atoms with Crippen LogP contribution in [0.25, 0.3) is 0 Å². The highest BCUT2D eigenvalue weighted by Crippen LogP contribution is 2.29. The van der Waals surface area contributed by atoms with Crippen LogP contribution < -0.4 is 0 Å². The van der Waals surface area contributed by atoms with Crippen molar-refractivity contribution in [2.75, 3.05) is 19.7 Å². The van der Waals surface area contributed by atoms with Gasteiger partial charge in [0.2, 0.25) is 0 Å². The summed E-state index contributed by atoms with van der Waals surface area (Å²) in [6, 6.07) is 0. The third-order valence-electron chi connectivity index (χ3n) is 3.08. The van der Waals surface area contributed by atoms with Crippen molar-refractivity contribution in [2.45, 2.75) is 45.3 Å². The molecule has 0 saturated carbocycles. The van der Waals surface area contributed by atoms with Crippen LogP contribution in [0.1, 0.15) is 33.6 Å². The minimum Gasteiger partial charge on any atom is -0.444 e. The van der Waals surface area contributed by atoms with Crippen molar-refractivity contribution in [2.24, 2.45) is 5.92 Å². The molecule has 0 N–H and O–H groups in total. The van der Waals surface area contributed by atoms with Crippen molar-refractivity contribution in [1.29, 1.82) is 0 Å². The fraction of sp³-hybridized carbons (Fsp3) is 0.917. The van der Waals surface area contributed by atoms with Crippen LogP contribution in [0.5, 0.6) is 0 Å². The summed E-state index contributed by atoms with van der Waals surface area (Å²) in [5.74, 6) is 0.652. The van der Waals surface area contributed by atoms with Crippen molar-refractivity contribution in [3.63, 3.8) is 0 Å². The van der Waals surface area contributed by atoms with E-state index in [2.05, 4.69) is 0 Å². The molecular weight excluding hydrogens is 206 g/mol. The van der Waals surface area contributed by atoms with Crippen molar-refractivity contribution >= 4 is 6.09 Å². The average molecular weight is 227 g/mol. The monoisotopic (exact) mass is 227 g/mol. The minimum atomic E-state index is -0.395. The van der Waals surface area contributed by atoms with Crippen LogP contribution in [0.2, 0.25) is 0 Å². The normalized spacial score (nSPS) is 26.7. The molecule has 0 unspecified atom stereocenters. The molecule has 2 fully saturated rings. The molecule has 2 aliphatic heterocycles. The zero-order valence-electron chi connectivity index (χ0n) is 10.4. The molecule has 2 rings (SSSR count). The summed E-state index contributed by atoms with van der Waals surface area (Å²) in [4.78, 5) is 13.6. The maximum Gasteiger partial charge on any atom is 0.410 e. The van der Waals surface area contributed by atoms with E-state index >= 15 is 0 Å². The van der Waals surface area contributed by atoms with Gasteiger partial charge in [-0.15, -0.1) is 0 Å². The highest BCUT2D eigenvalue weighted by Gasteiger charge is 2.36. The molecule has 16 heavy (non-hydrogen) atoms. The summed E-state index contributed by atoms with van der Waals surface area (Å²) >= 11 is 0. The molecule has 0 bridgehead atoms. The van der Waals surface area contributed by atoms with Crippen molar-refractivity contribution < 1.29 is 14.3 Å². The Labute approximate surface area is 96.9 Å². The van der Waals surface area contributed by atoms with Crippen LogP contribution in [0, 0.1) is 5.92 Å². The number of ether oxygens (including phenoxy) is 2. The van der Waals surface area contributed by atoms with E-state index in [1.807, 2.05) is 25.7 Å². The molecule has 0 radical (unpaired) electrons. The van der Waals surface area contributed by atoms with Gasteiger partial charge in [-0.3, -0.25) is 0 Å². The molecular formula is C12H21NO3. The summed E-state index contributed by atoms with van der Waals surface area (Å²) in [6.45, 7) is 8.22. The molecule has 0 aliphatic carbocycles. The second kappa shape index (κ2) is 4.24. The van der Waals surface area contributed by atoms with E-state index < -0.39 is 5.60 Å². The van der Waals surface area contributed by atoms with Crippen molar-refractivity contribution in [3.8, 4) is 0 Å². The number of carbonyl (C=O) groups excluding carboxylic acids is 1. The van der Waals surface area contributed by atoms with Gasteiger partial charge in [-0.1, -0.05) is 0 Å². The zero-order chi connectivity index (χ0) is 11.8. The van der Waals surface area contributed by atoms with Crippen LogP contribution in [-0.4, -0.2) is 42.4 Å². The van der Waals surface area contributed by atoms with Crippen LogP contribution >= 0.6 is 0 Å². The zero-order valence-corrected chi connectivity index (χ0v) is 10.4. The highest BCUT2D eigenvalue weighted by atomic mass is 16.6. The molecule has 4 nitrogen and oxygen atoms in total. The molecule has 0 aromatic heterocycles. The molecule has 0 spiro atoms. The Bertz CT molecular complexity index is 260. The molecule has 2 heterocycles. The summed E-state index contributed by atoms with van der Waals surface area (Å²) in [5.41, 5.74) is -0.395. The van der Waals surface area contributed by atoms with Gasteiger partial charge in [0.05, 0.1) is 12.7 Å². The van der Waals surface area contributed by atoms with E-state index in [1.165, 1.54) is 0 Å². The van der Waals surface area contributed by atoms with E-state index in [0.29, 0.717) is 12.0 Å². The highest BCUT2D eigenvalue weighted by molar-refractivity contribution is 5.68. The largest absolute Gasteiger partial charge is 0.444 e. The predicted molar refractivity (Wildman–Crippen MR) is 60.3 cm³/mol. The third-order valence-corrected chi connectivity index (χ3v) is 3.08. The minimum absolute atomic E-state index is 0.178. The molecule has 2 aliphatic rings. The lowest BCUT2D eigenvalue weighted by atomic mass is 9.94. The lowest BCUT2D eigenvalue weighted by molar-refractivity contribution is 0.0173. The van der Waals surface area contributed by atoms with Gasteiger partial charge in [0.15, 0.2) is 0 Å². The summed E-state index contributed by atoms with van der Waals surface area (Å²) in [7, 11) is 0. The van der Waals surface area contributed by atoms with E-state index in [9.17, 15) is 4.79 Å². The summed E-state index contributed by atoms with van der Waals surface area (Å²) in [5, 5.41) is 0. The second-order valence-corrected chi connectivity index (χ2v) is 5.68. The maximum atomic E-state index is 11.8. The Morgan fingerprint density at radius 1 is 1.31 bits per heavy atom. The Hall–Kier alpha value is -0.770. The van der Waals surface area contributed by atoms with Gasteiger partial charge >= 0.3 is 6.09 Å². The first kappa shape index (κ1) is 11.7. The smallest absolute Gasteiger partial charge is 0.410 e. The van der Waals surface area contributed by atoms with Crippen LogP contribution in [0.3, 0.4) is 0 Å². The average Bonchev–Trinajstić information content (AvgIpc) is 2.98. The van der Waals surface area contributed by atoms with Gasteiger partial charge in [-0.25, -0.2) is 4.79 Å². The SMILES string of the molecule is CC(C)(C)OC(=O)N1CCC([C@@H]2CO2)CC1. The topological polar surface area (TPSA) is 42.1 Å². The first-order valence-corrected chi connectivity index (χ1v) is 6.05. The fourth-order valence-corrected chi connectivity index (χ4v) is 2.11. The number of likely N-dealkylation sites (tertiary alicyclic amines) is 1. The number of hydrogen-bond acceptors (Lipinski definition) is 3. The van der Waals surface area contributed by atoms with Gasteiger partial charge in [0, 0.05) is 13.1 Å². The van der Waals surface area contributed by atoms with E-state index in [4.69, 9.17) is 9.47 Å². The van der Waals surface area contributed by atoms with Crippen molar-refractivity contribution in [3.05, 3.63) is 0 Å². The Balaban J connectivity index is 1.77. The Morgan fingerprint density at radius 2 is 1.88 bits per heavy atom. The number of rotatable bonds is 1. The molecule has 1 amide bonds. The number of nitrogens with zero attached hydrogens (tertiary/aromatic N) is 1. The molecule has 2 saturated heterocycles. The maximum absolute atomic E-state index is 11.8. The third kappa shape index (κ3) is 3.11. The number of epoxide rings is 1. The first-order valence-electron chi connectivity index (χ1n) is 6.05. The van der Waals surface area contributed by atoms with Gasteiger partial charge in [0.1, 0.15) is 5.60 Å². The first-order chi connectivity index (χ1) is 7.46. The van der Waals surface area contributed by atoms with Crippen LogP contribution in [-0.2, 0) is 9.47 Å². The summed E-state index contributed by atoms with van der Waals surface area (Å²) in [6.07, 6.45) is 2.39. The van der Waals surface area contributed by atoms with Gasteiger partial charge in [-0.2, -0.15) is 0 Å². The fourth-order valence-electron chi connectivity index (χ4n) is 2.11. The van der Waals surface area contributed by atoms with Gasteiger partial charge in [0.25, 0.3) is 0 Å². The number of carbonyl (C=O) groups is 1. The lowest BCUT2D eigenvalue weighted by Crippen LogP contribution is -2.42. The molecule has 4 heteroatoms. The van der Waals surface area contributed by atoms with Gasteiger partial charge < -0.3 is 14.4 Å². The Kier molecular flexibility index (Phi) is 3.10. The number of amides is 1. The quantitative estimate of drug-likeness (QED) is 0.644. The molecule has 0 aromatic carbocycles. The van der Waals surface area contributed by atoms with E-state index in [-0.39, 0.29) is 6.09 Å². The van der Waals surface area contributed by atoms with E-state index in [1.54, 1.807) is 0 Å². The molecule has 1 atom stereocenters. The lowest BCUT2D eigenvalue weighted by Gasteiger charge is -2.32. The second-order valence-electron chi connectivity index (χ2n) is 5.68. The van der Waals surface area contributed by atoms with Crippen molar-refractivity contribution in [1.82, 2.24) is 4.90 Å². The number of piperidine rings is 1. The van der Waals surface area contributed by atoms with Crippen LogP contribution in [0.15, 0.2) is 0 Å². The van der Waals surface area contributed by atoms with Crippen LogP contribution in [0.4, 0.5) is 4.79 Å². The van der Waals surface area contributed by atoms with E-state index in [0.717, 1.165) is 32.5 Å². The molecule has 0 aromatic rings. The number of hydrogen-bond donors (Lipinski definition) is 0. The molecule has 92 valence electrons. The Morgan fingerprint density at radius 3 is 2.31 bits per heavy atom. The predicted octanol–water partition coefficient (Wildman–Crippen LogP) is 2.03. The van der Waals surface area contributed by atoms with Gasteiger partial charge in [-0.05, 0) is 39.5 Å². The standard InChI is InChI=1S/C12H21NO3/c1-12(2,3)16-11(14)13-6-4-9(5-7-13)10-8-15-10/h9-10H,4-8H2,1-3H3/t10-/m0/s1.